The van der Waals surface area contributed by atoms with Gasteiger partial charge in [0.25, 0.3) is 0 Å². The van der Waals surface area contributed by atoms with Gasteiger partial charge in [0.2, 0.25) is 0 Å². The lowest BCUT2D eigenvalue weighted by Gasteiger charge is -2.01. The van der Waals surface area contributed by atoms with Crippen LogP contribution in [0.1, 0.15) is 27.2 Å². The number of hydrogen-bond acceptors (Lipinski definition) is 1. The van der Waals surface area contributed by atoms with Gasteiger partial charge in [0.1, 0.15) is 0 Å². The number of fused-ring (bicyclic) bond motifs is 1. The lowest BCUT2D eigenvalue weighted by atomic mass is 10.2. The number of hydrogen-bond donors (Lipinski definition) is 1. The van der Waals surface area contributed by atoms with Crippen molar-refractivity contribution in [1.29, 1.82) is 0 Å². The van der Waals surface area contributed by atoms with Crippen LogP contribution in [0.25, 0.3) is 0 Å². The molecule has 1 nitrogen and oxygen atoms in total. The lowest BCUT2D eigenvalue weighted by Crippen LogP contribution is -2.21. The Hall–Kier alpha value is 0.310. The summed E-state index contributed by atoms with van der Waals surface area (Å²) in [5.41, 5.74) is 0. The van der Waals surface area contributed by atoms with Crippen molar-refractivity contribution in [1.82, 2.24) is 5.32 Å². The summed E-state index contributed by atoms with van der Waals surface area (Å²) in [6, 6.07) is 0.838. The molecule has 1 saturated carbocycles. The van der Waals surface area contributed by atoms with Crippen molar-refractivity contribution >= 4 is 13.5 Å². The molecular weight excluding hydrogens is 142 g/mol. The Morgan fingerprint density at radius 2 is 1.90 bits per heavy atom. The Balaban J connectivity index is 0.000000251. The number of rotatable bonds is 0. The molecule has 10 heavy (non-hydrogen) atoms. The summed E-state index contributed by atoms with van der Waals surface area (Å²) in [5.74, 6) is 2.15. The predicted octanol–water partition coefficient (Wildman–Crippen LogP) is 1.75. The van der Waals surface area contributed by atoms with E-state index in [1.807, 2.05) is 13.8 Å². The maximum Gasteiger partial charge on any atom is 0.00703 e. The molecule has 2 fully saturated rings. The second-order valence-corrected chi connectivity index (χ2v) is 2.86. The van der Waals surface area contributed by atoms with Crippen molar-refractivity contribution in [2.75, 3.05) is 6.54 Å². The monoisotopic (exact) mass is 161 g/mol. The minimum atomic E-state index is 0. The zero-order valence-electron chi connectivity index (χ0n) is 7.15. The predicted molar refractivity (Wildman–Crippen MR) is 50.8 cm³/mol. The van der Waals surface area contributed by atoms with Gasteiger partial charge in [-0.25, -0.2) is 0 Å². The highest BCUT2D eigenvalue weighted by atomic mass is 32.1. The van der Waals surface area contributed by atoms with E-state index in [4.69, 9.17) is 0 Å². The molecule has 3 atom stereocenters. The largest absolute Gasteiger partial charge is 0.314 e. The highest BCUT2D eigenvalue weighted by Crippen LogP contribution is 2.44. The Labute approximate surface area is 71.0 Å². The summed E-state index contributed by atoms with van der Waals surface area (Å²) >= 11 is 0. The molecule has 2 heteroatoms. The molecule has 0 aromatic carbocycles. The first-order valence-corrected chi connectivity index (χ1v) is 4.11. The summed E-state index contributed by atoms with van der Waals surface area (Å²) in [5, 5.41) is 3.42. The maximum absolute atomic E-state index is 3.42. The molecule has 1 saturated heterocycles. The first-order valence-electron chi connectivity index (χ1n) is 4.11. The normalized spacial score (nSPS) is 40.5. The summed E-state index contributed by atoms with van der Waals surface area (Å²) in [4.78, 5) is 0. The molecule has 1 heterocycles. The fourth-order valence-corrected chi connectivity index (χ4v) is 1.61. The van der Waals surface area contributed by atoms with E-state index in [1.54, 1.807) is 0 Å². The molecule has 2 rings (SSSR count). The highest BCUT2D eigenvalue weighted by molar-refractivity contribution is 7.59. The second kappa shape index (κ2) is 4.24. The first-order chi connectivity index (χ1) is 4.38. The van der Waals surface area contributed by atoms with Gasteiger partial charge in [0.15, 0.2) is 0 Å². The van der Waals surface area contributed by atoms with E-state index < -0.39 is 0 Å². The number of nitrogens with one attached hydrogen (secondary N) is 1. The zero-order chi connectivity index (χ0) is 6.85. The van der Waals surface area contributed by atoms with Gasteiger partial charge in [0, 0.05) is 6.04 Å². The van der Waals surface area contributed by atoms with Crippen LogP contribution in [0.5, 0.6) is 0 Å². The molecule has 0 aromatic heterocycles. The van der Waals surface area contributed by atoms with Crippen LogP contribution < -0.4 is 5.32 Å². The van der Waals surface area contributed by atoms with E-state index in [1.165, 1.54) is 13.0 Å². The van der Waals surface area contributed by atoms with Gasteiger partial charge in [-0.2, -0.15) is 13.5 Å². The van der Waals surface area contributed by atoms with Gasteiger partial charge < -0.3 is 5.32 Å². The van der Waals surface area contributed by atoms with Crippen LogP contribution in [-0.2, 0) is 0 Å². The third kappa shape index (κ3) is 1.89. The molecule has 1 aliphatic heterocycles. The summed E-state index contributed by atoms with van der Waals surface area (Å²) in [6.07, 6.45) is 1.51. The fourth-order valence-electron chi connectivity index (χ4n) is 1.61. The van der Waals surface area contributed by atoms with Crippen LogP contribution in [0.4, 0.5) is 0 Å². The van der Waals surface area contributed by atoms with Crippen molar-refractivity contribution in [2.45, 2.75) is 33.2 Å². The molecular formula is C8H19NS. The van der Waals surface area contributed by atoms with Crippen molar-refractivity contribution in [3.63, 3.8) is 0 Å². The summed E-state index contributed by atoms with van der Waals surface area (Å²) in [7, 11) is 0. The van der Waals surface area contributed by atoms with E-state index in [9.17, 15) is 0 Å². The topological polar surface area (TPSA) is 12.0 Å². The van der Waals surface area contributed by atoms with Crippen LogP contribution in [0, 0.1) is 11.8 Å². The van der Waals surface area contributed by atoms with Gasteiger partial charge in [-0.15, -0.1) is 0 Å². The fraction of sp³-hybridized carbons (Fsp3) is 1.00. The molecule has 62 valence electrons. The summed E-state index contributed by atoms with van der Waals surface area (Å²) < 4.78 is 0. The highest BCUT2D eigenvalue weighted by Gasteiger charge is 2.45. The van der Waals surface area contributed by atoms with Crippen LogP contribution in [0.15, 0.2) is 0 Å². The molecule has 1 N–H and O–H groups in total. The zero-order valence-corrected chi connectivity index (χ0v) is 8.15. The van der Waals surface area contributed by atoms with E-state index in [0.717, 1.165) is 17.9 Å². The van der Waals surface area contributed by atoms with E-state index in [-0.39, 0.29) is 13.5 Å². The molecule has 1 aliphatic carbocycles. The average Bonchev–Trinajstić information content (AvgIpc) is 2.61. The third-order valence-corrected chi connectivity index (χ3v) is 2.32. The molecule has 0 aromatic rings. The lowest BCUT2D eigenvalue weighted by molar-refractivity contribution is 0.579. The average molecular weight is 161 g/mol. The molecule has 0 unspecified atom stereocenters. The second-order valence-electron chi connectivity index (χ2n) is 2.86. The van der Waals surface area contributed by atoms with E-state index in [0.29, 0.717) is 0 Å². The van der Waals surface area contributed by atoms with Crippen LogP contribution in [0.3, 0.4) is 0 Å². The Bertz CT molecular complexity index is 95.3. The van der Waals surface area contributed by atoms with Gasteiger partial charge >= 0.3 is 0 Å². The molecule has 2 aliphatic rings. The Morgan fingerprint density at radius 3 is 2.00 bits per heavy atom. The van der Waals surface area contributed by atoms with Crippen molar-refractivity contribution in [3.8, 4) is 0 Å². The molecule has 0 spiro atoms. The standard InChI is InChI=1S/C6H11N.C2H6.H2S/c1-4-6-2-5(6)3-7-4;1-2;/h4-7H,2-3H2,1H3;1-2H3;1H2/t4-,5-,6+;;/m1../s1. The molecule has 0 radical (unpaired) electrons. The van der Waals surface area contributed by atoms with Gasteiger partial charge in [-0.3, -0.25) is 0 Å². The van der Waals surface area contributed by atoms with Crippen LogP contribution in [-0.4, -0.2) is 12.6 Å². The first kappa shape index (κ1) is 10.3. The minimum absolute atomic E-state index is 0. The van der Waals surface area contributed by atoms with Crippen LogP contribution in [0.2, 0.25) is 0 Å². The smallest absolute Gasteiger partial charge is 0.00703 e. The van der Waals surface area contributed by atoms with E-state index >= 15 is 0 Å². The Morgan fingerprint density at radius 1 is 1.30 bits per heavy atom. The van der Waals surface area contributed by atoms with Crippen molar-refractivity contribution < 1.29 is 0 Å². The third-order valence-electron chi connectivity index (χ3n) is 2.32. The van der Waals surface area contributed by atoms with Gasteiger partial charge in [-0.05, 0) is 31.7 Å². The number of piperidine rings is 1. The SMILES string of the molecule is CC.C[C@H]1NC[C@H]2C[C@H]21.S. The van der Waals surface area contributed by atoms with Crippen LogP contribution >= 0.6 is 13.5 Å². The van der Waals surface area contributed by atoms with Crippen molar-refractivity contribution in [2.24, 2.45) is 11.8 Å². The summed E-state index contributed by atoms with van der Waals surface area (Å²) in [6.45, 7) is 7.59. The molecule has 0 amide bonds. The van der Waals surface area contributed by atoms with Gasteiger partial charge in [-0.1, -0.05) is 13.8 Å². The quantitative estimate of drug-likeness (QED) is 0.571. The van der Waals surface area contributed by atoms with Crippen molar-refractivity contribution in [3.05, 3.63) is 0 Å². The maximum atomic E-state index is 3.42. The van der Waals surface area contributed by atoms with Gasteiger partial charge in [0.05, 0.1) is 0 Å². The molecule has 0 bridgehead atoms. The minimum Gasteiger partial charge on any atom is -0.314 e. The Kier molecular flexibility index (Phi) is 4.37. The van der Waals surface area contributed by atoms with E-state index in [2.05, 4.69) is 12.2 Å².